The van der Waals surface area contributed by atoms with Crippen LogP contribution in [0.3, 0.4) is 0 Å². The summed E-state index contributed by atoms with van der Waals surface area (Å²) in [6, 6.07) is 1.06. The predicted octanol–water partition coefficient (Wildman–Crippen LogP) is 1.82. The number of hydrogen-bond donors (Lipinski definition) is 0. The third-order valence-corrected chi connectivity index (χ3v) is 6.20. The van der Waals surface area contributed by atoms with Gasteiger partial charge in [-0.2, -0.15) is 0 Å². The summed E-state index contributed by atoms with van der Waals surface area (Å²) in [5.41, 5.74) is 0. The summed E-state index contributed by atoms with van der Waals surface area (Å²) in [5, 5.41) is 0. The van der Waals surface area contributed by atoms with Crippen LogP contribution >= 0.6 is 0 Å². The van der Waals surface area contributed by atoms with E-state index in [1.54, 1.807) is 7.11 Å². The third-order valence-electron chi connectivity index (χ3n) is 2.44. The van der Waals surface area contributed by atoms with E-state index in [0.29, 0.717) is 33.0 Å². The van der Waals surface area contributed by atoms with Crippen LogP contribution in [0.2, 0.25) is 6.04 Å². The molecular formula is C15H34O7Si2. The lowest BCUT2D eigenvalue weighted by atomic mass is 10.5. The molecule has 144 valence electrons. The van der Waals surface area contributed by atoms with Gasteiger partial charge in [0.05, 0.1) is 6.61 Å². The Bertz CT molecular complexity index is 274. The van der Waals surface area contributed by atoms with E-state index in [2.05, 4.69) is 6.58 Å². The molecule has 0 saturated carbocycles. The van der Waals surface area contributed by atoms with Crippen LogP contribution in [0.5, 0.6) is 0 Å². The molecule has 7 nitrogen and oxygen atoms in total. The first-order valence-corrected chi connectivity index (χ1v) is 11.6. The van der Waals surface area contributed by atoms with E-state index in [1.165, 1.54) is 6.08 Å². The molecule has 9 heteroatoms. The van der Waals surface area contributed by atoms with Gasteiger partial charge in [0, 0.05) is 39.6 Å². The van der Waals surface area contributed by atoms with Crippen LogP contribution in [0.25, 0.3) is 0 Å². The minimum atomic E-state index is -2.80. The Kier molecular flexibility index (Phi) is 20.1. The molecule has 0 aromatic heterocycles. The van der Waals surface area contributed by atoms with Gasteiger partial charge in [0.25, 0.3) is 0 Å². The SMILES string of the molecule is C=CC(=O)OCCC[SiH2]OC.CCO[Si](OCC)(OCC)OCC. The Morgan fingerprint density at radius 2 is 1.46 bits per heavy atom. The topological polar surface area (TPSA) is 72.5 Å². The number of carbonyl (C=O) groups is 1. The first-order chi connectivity index (χ1) is 11.6. The zero-order valence-electron chi connectivity index (χ0n) is 15.8. The van der Waals surface area contributed by atoms with Crippen molar-refractivity contribution in [3.8, 4) is 0 Å². The minimum absolute atomic E-state index is 0.343. The third kappa shape index (κ3) is 15.0. The lowest BCUT2D eigenvalue weighted by Crippen LogP contribution is -2.49. The molecule has 0 rings (SSSR count). The smallest absolute Gasteiger partial charge is 0.463 e. The highest BCUT2D eigenvalue weighted by molar-refractivity contribution is 6.53. The molecule has 0 unspecified atom stereocenters. The average Bonchev–Trinajstić information content (AvgIpc) is 2.56. The van der Waals surface area contributed by atoms with Gasteiger partial charge in [-0.1, -0.05) is 6.58 Å². The molecule has 0 aliphatic heterocycles. The normalized spacial score (nSPS) is 11.2. The zero-order chi connectivity index (χ0) is 18.7. The van der Waals surface area contributed by atoms with E-state index in [4.69, 9.17) is 26.9 Å². The first-order valence-electron chi connectivity index (χ1n) is 8.39. The van der Waals surface area contributed by atoms with Gasteiger partial charge in [-0.05, 0) is 40.2 Å². The summed E-state index contributed by atoms with van der Waals surface area (Å²) in [5.74, 6) is -0.343. The van der Waals surface area contributed by atoms with Crippen LogP contribution in [0.15, 0.2) is 12.7 Å². The second-order valence-corrected chi connectivity index (χ2v) is 8.15. The van der Waals surface area contributed by atoms with Gasteiger partial charge in [0.15, 0.2) is 9.76 Å². The molecule has 0 bridgehead atoms. The predicted molar refractivity (Wildman–Crippen MR) is 98.4 cm³/mol. The largest absolute Gasteiger partial charge is 0.679 e. The maximum absolute atomic E-state index is 10.5. The van der Waals surface area contributed by atoms with Gasteiger partial charge in [-0.15, -0.1) is 0 Å². The van der Waals surface area contributed by atoms with Gasteiger partial charge >= 0.3 is 15.0 Å². The van der Waals surface area contributed by atoms with Crippen molar-refractivity contribution in [3.05, 3.63) is 12.7 Å². The summed E-state index contributed by atoms with van der Waals surface area (Å²) < 4.78 is 31.4. The van der Waals surface area contributed by atoms with E-state index in [0.717, 1.165) is 12.5 Å². The summed E-state index contributed by atoms with van der Waals surface area (Å²) in [6.45, 7) is 13.6. The van der Waals surface area contributed by atoms with E-state index in [1.807, 2.05) is 27.7 Å². The van der Waals surface area contributed by atoms with Crippen molar-refractivity contribution in [1.82, 2.24) is 0 Å². The van der Waals surface area contributed by atoms with E-state index >= 15 is 0 Å². The molecule has 0 aromatic rings. The second-order valence-electron chi connectivity index (χ2n) is 4.30. The molecule has 0 amide bonds. The van der Waals surface area contributed by atoms with Gasteiger partial charge in [0.2, 0.25) is 0 Å². The molecule has 0 heterocycles. The van der Waals surface area contributed by atoms with Crippen molar-refractivity contribution in [2.45, 2.75) is 40.2 Å². The number of rotatable bonds is 14. The monoisotopic (exact) mass is 382 g/mol. The van der Waals surface area contributed by atoms with Crippen molar-refractivity contribution < 1.29 is 31.7 Å². The van der Waals surface area contributed by atoms with Crippen LogP contribution in [-0.4, -0.2) is 64.9 Å². The summed E-state index contributed by atoms with van der Waals surface area (Å²) in [4.78, 5) is 10.5. The fourth-order valence-corrected chi connectivity index (χ4v) is 4.15. The fraction of sp³-hybridized carbons (Fsp3) is 0.800. The summed E-state index contributed by atoms with van der Waals surface area (Å²) >= 11 is 0. The van der Waals surface area contributed by atoms with Crippen LogP contribution in [0, 0.1) is 0 Å². The molecule has 0 aliphatic rings. The second kappa shape index (κ2) is 18.8. The first kappa shape index (κ1) is 25.7. The lowest BCUT2D eigenvalue weighted by molar-refractivity contribution is -0.137. The van der Waals surface area contributed by atoms with E-state index < -0.39 is 9.05 Å². The Labute approximate surface area is 150 Å². The molecule has 0 radical (unpaired) electrons. The standard InChI is InChI=1S/C8H20O4Si.C7H14O3Si/c1-5-9-13(10-6-2,11-7-3)12-8-4;1-3-7(8)10-5-4-6-11-9-2/h5-8H2,1-4H3;3H,1,4-6,11H2,2H3. The van der Waals surface area contributed by atoms with Crippen molar-refractivity contribution in [2.75, 3.05) is 40.1 Å². The van der Waals surface area contributed by atoms with Gasteiger partial charge in [-0.25, -0.2) is 4.79 Å². The Morgan fingerprint density at radius 3 is 1.79 bits per heavy atom. The molecular weight excluding hydrogens is 348 g/mol. The molecule has 0 spiro atoms. The summed E-state index contributed by atoms with van der Waals surface area (Å²) in [7, 11) is -1.43. The number of carbonyl (C=O) groups excluding carboxylic acids is 1. The van der Waals surface area contributed by atoms with Crippen LogP contribution in [0.1, 0.15) is 34.1 Å². The quantitative estimate of drug-likeness (QED) is 0.196. The molecule has 24 heavy (non-hydrogen) atoms. The number of hydrogen-bond acceptors (Lipinski definition) is 7. The van der Waals surface area contributed by atoms with Crippen molar-refractivity contribution >= 4 is 24.8 Å². The van der Waals surface area contributed by atoms with Gasteiger partial charge in [-0.3, -0.25) is 0 Å². The molecule has 0 fully saturated rings. The van der Waals surface area contributed by atoms with Gasteiger partial charge in [0.1, 0.15) is 0 Å². The fourth-order valence-electron chi connectivity index (χ4n) is 1.54. The van der Waals surface area contributed by atoms with E-state index in [-0.39, 0.29) is 15.7 Å². The minimum Gasteiger partial charge on any atom is -0.463 e. The van der Waals surface area contributed by atoms with Gasteiger partial charge < -0.3 is 26.9 Å². The van der Waals surface area contributed by atoms with Crippen LogP contribution < -0.4 is 0 Å². The molecule has 0 aliphatic carbocycles. The number of ether oxygens (including phenoxy) is 1. The maximum Gasteiger partial charge on any atom is 0.679 e. The Hall–Kier alpha value is -0.556. The molecule has 0 saturated heterocycles. The number of esters is 1. The lowest BCUT2D eigenvalue weighted by Gasteiger charge is -2.26. The Balaban J connectivity index is 0. The van der Waals surface area contributed by atoms with Crippen molar-refractivity contribution in [1.29, 1.82) is 0 Å². The molecule has 0 atom stereocenters. The summed E-state index contributed by atoms with van der Waals surface area (Å²) in [6.07, 6.45) is 2.08. The zero-order valence-corrected chi connectivity index (χ0v) is 18.2. The van der Waals surface area contributed by atoms with Crippen molar-refractivity contribution in [3.63, 3.8) is 0 Å². The Morgan fingerprint density at radius 1 is 1.00 bits per heavy atom. The van der Waals surface area contributed by atoms with Crippen LogP contribution in [-0.2, 0) is 31.7 Å². The van der Waals surface area contributed by atoms with Crippen molar-refractivity contribution in [2.24, 2.45) is 0 Å². The maximum atomic E-state index is 10.5. The molecule has 0 N–H and O–H groups in total. The molecule has 0 aromatic carbocycles. The van der Waals surface area contributed by atoms with E-state index in [9.17, 15) is 4.79 Å². The highest BCUT2D eigenvalue weighted by Gasteiger charge is 2.44. The van der Waals surface area contributed by atoms with Crippen LogP contribution in [0.4, 0.5) is 0 Å². The highest BCUT2D eigenvalue weighted by Crippen LogP contribution is 2.11. The highest BCUT2D eigenvalue weighted by atomic mass is 28.4. The average molecular weight is 383 g/mol.